The zero-order valence-electron chi connectivity index (χ0n) is 3.99. The van der Waals surface area contributed by atoms with E-state index < -0.39 is 0 Å². The minimum atomic E-state index is 0.176. The van der Waals surface area contributed by atoms with Crippen LogP contribution >= 0.6 is 46.6 Å². The van der Waals surface area contributed by atoms with E-state index in [9.17, 15) is 4.79 Å². The Hall–Kier alpha value is 0.510. The lowest BCUT2D eigenvalue weighted by molar-refractivity contribution is 1.56. The SMILES string of the molecule is O=c1sc2c(s1)S[N]S2. The van der Waals surface area contributed by atoms with Crippen LogP contribution < -0.4 is 8.18 Å². The summed E-state index contributed by atoms with van der Waals surface area (Å²) in [4.78, 5) is 10.7. The van der Waals surface area contributed by atoms with Crippen molar-refractivity contribution in [1.82, 2.24) is 4.13 Å². The fourth-order valence-corrected chi connectivity index (χ4v) is 4.99. The molecule has 9 heavy (non-hydrogen) atoms. The standard InChI is InChI=1S/C3NOS4/c5-3-6-1-2(7-3)9-4-8-1. The Morgan fingerprint density at radius 1 is 1.11 bits per heavy atom. The molecule has 1 radical (unpaired) electrons. The van der Waals surface area contributed by atoms with Crippen molar-refractivity contribution in [3.05, 3.63) is 8.85 Å². The van der Waals surface area contributed by atoms with E-state index in [2.05, 4.69) is 4.13 Å². The molecule has 0 amide bonds. The third-order valence-corrected chi connectivity index (χ3v) is 5.17. The Bertz CT molecular complexity index is 251. The van der Waals surface area contributed by atoms with Gasteiger partial charge in [-0.25, -0.2) is 0 Å². The highest BCUT2D eigenvalue weighted by Crippen LogP contribution is 2.43. The van der Waals surface area contributed by atoms with E-state index in [1.807, 2.05) is 0 Å². The minimum Gasteiger partial charge on any atom is -0.265 e. The maximum absolute atomic E-state index is 10.7. The summed E-state index contributed by atoms with van der Waals surface area (Å²) in [7, 11) is 0. The maximum atomic E-state index is 10.7. The molecule has 6 heteroatoms. The zero-order chi connectivity index (χ0) is 6.27. The first-order valence-electron chi connectivity index (χ1n) is 2.04. The van der Waals surface area contributed by atoms with Gasteiger partial charge in [-0.05, 0) is 0 Å². The minimum absolute atomic E-state index is 0.176. The van der Waals surface area contributed by atoms with Crippen molar-refractivity contribution >= 4 is 46.6 Å². The van der Waals surface area contributed by atoms with Crippen LogP contribution in [0.15, 0.2) is 13.2 Å². The molecule has 0 aliphatic carbocycles. The van der Waals surface area contributed by atoms with Gasteiger partial charge >= 0.3 is 0 Å². The van der Waals surface area contributed by atoms with Crippen molar-refractivity contribution in [3.8, 4) is 0 Å². The molecular formula is C3NOS4. The van der Waals surface area contributed by atoms with E-state index >= 15 is 0 Å². The zero-order valence-corrected chi connectivity index (χ0v) is 7.25. The average Bonchev–Trinajstić information content (AvgIpc) is 2.22. The highest BCUT2D eigenvalue weighted by Gasteiger charge is 2.17. The summed E-state index contributed by atoms with van der Waals surface area (Å²) in [6, 6.07) is 0. The molecule has 0 N–H and O–H groups in total. The van der Waals surface area contributed by atoms with Gasteiger partial charge in [0.2, 0.25) is 0 Å². The van der Waals surface area contributed by atoms with Gasteiger partial charge in [0, 0.05) is 23.9 Å². The van der Waals surface area contributed by atoms with Gasteiger partial charge in [0.1, 0.15) is 8.42 Å². The Morgan fingerprint density at radius 3 is 2.22 bits per heavy atom. The highest BCUT2D eigenvalue weighted by molar-refractivity contribution is 8.17. The van der Waals surface area contributed by atoms with E-state index in [-0.39, 0.29) is 4.06 Å². The smallest absolute Gasteiger partial charge is 0.265 e. The summed E-state index contributed by atoms with van der Waals surface area (Å²) in [5, 5.41) is 0. The predicted octanol–water partition coefficient (Wildman–Crippen LogP) is 1.80. The molecule has 2 heterocycles. The van der Waals surface area contributed by atoms with Crippen LogP contribution in [0.4, 0.5) is 0 Å². The van der Waals surface area contributed by atoms with Gasteiger partial charge in [0.05, 0.1) is 0 Å². The second-order valence-electron chi connectivity index (χ2n) is 1.29. The summed E-state index contributed by atoms with van der Waals surface area (Å²) in [5.41, 5.74) is 0. The van der Waals surface area contributed by atoms with Crippen molar-refractivity contribution in [3.63, 3.8) is 0 Å². The van der Waals surface area contributed by atoms with E-state index in [1.165, 1.54) is 46.6 Å². The Labute approximate surface area is 67.9 Å². The van der Waals surface area contributed by atoms with E-state index in [1.54, 1.807) is 0 Å². The molecule has 0 saturated carbocycles. The first kappa shape index (κ1) is 6.23. The topological polar surface area (TPSA) is 31.2 Å². The number of rotatable bonds is 0. The van der Waals surface area contributed by atoms with Crippen molar-refractivity contribution in [2.75, 3.05) is 0 Å². The lowest BCUT2D eigenvalue weighted by Crippen LogP contribution is -1.76. The van der Waals surface area contributed by atoms with Crippen LogP contribution in [-0.2, 0) is 0 Å². The molecule has 2 nitrogen and oxygen atoms in total. The number of nitrogens with zero attached hydrogens (tertiary/aromatic N) is 1. The fraction of sp³-hybridized carbons (Fsp3) is 0. The molecule has 1 aromatic rings. The van der Waals surface area contributed by atoms with E-state index in [4.69, 9.17) is 0 Å². The van der Waals surface area contributed by atoms with E-state index in [0.29, 0.717) is 0 Å². The van der Waals surface area contributed by atoms with Gasteiger partial charge in [-0.1, -0.05) is 26.8 Å². The van der Waals surface area contributed by atoms with Crippen molar-refractivity contribution in [2.24, 2.45) is 0 Å². The van der Waals surface area contributed by atoms with Crippen LogP contribution in [0.25, 0.3) is 0 Å². The van der Waals surface area contributed by atoms with Crippen molar-refractivity contribution in [1.29, 1.82) is 0 Å². The first-order valence-corrected chi connectivity index (χ1v) is 5.22. The normalized spacial score (nSPS) is 16.0. The van der Waals surface area contributed by atoms with Crippen molar-refractivity contribution in [2.45, 2.75) is 8.42 Å². The Morgan fingerprint density at radius 2 is 1.67 bits per heavy atom. The average molecular weight is 194 g/mol. The molecule has 0 saturated heterocycles. The number of fused-ring (bicyclic) bond motifs is 1. The highest BCUT2D eigenvalue weighted by atomic mass is 32.3. The fourth-order valence-electron chi connectivity index (χ4n) is 0.454. The van der Waals surface area contributed by atoms with Gasteiger partial charge < -0.3 is 0 Å². The lowest BCUT2D eigenvalue weighted by atomic mass is 11.1. The number of hydrogen-bond acceptors (Lipinski definition) is 5. The molecule has 47 valence electrons. The van der Waals surface area contributed by atoms with Gasteiger partial charge in [0.15, 0.2) is 0 Å². The Balaban J connectivity index is 2.64. The van der Waals surface area contributed by atoms with Gasteiger partial charge in [-0.3, -0.25) is 4.79 Å². The third kappa shape index (κ3) is 1.05. The molecule has 0 unspecified atom stereocenters. The summed E-state index contributed by atoms with van der Waals surface area (Å²) in [6.45, 7) is 0. The molecule has 0 fully saturated rings. The van der Waals surface area contributed by atoms with Crippen LogP contribution in [-0.4, -0.2) is 0 Å². The maximum Gasteiger partial charge on any atom is 0.289 e. The monoisotopic (exact) mass is 194 g/mol. The number of hydrogen-bond donors (Lipinski definition) is 0. The van der Waals surface area contributed by atoms with Gasteiger partial charge in [-0.15, -0.1) is 0 Å². The summed E-state index contributed by atoms with van der Waals surface area (Å²) in [6.07, 6.45) is 0. The second-order valence-corrected chi connectivity index (χ2v) is 5.81. The first-order chi connectivity index (χ1) is 4.36. The van der Waals surface area contributed by atoms with Crippen LogP contribution in [0.2, 0.25) is 0 Å². The molecule has 2 rings (SSSR count). The summed E-state index contributed by atoms with van der Waals surface area (Å²) in [5.74, 6) is 0. The quantitative estimate of drug-likeness (QED) is 0.590. The van der Waals surface area contributed by atoms with Crippen molar-refractivity contribution < 1.29 is 0 Å². The molecule has 1 aromatic heterocycles. The van der Waals surface area contributed by atoms with Gasteiger partial charge in [0.25, 0.3) is 4.06 Å². The molecule has 0 aromatic carbocycles. The molecular weight excluding hydrogens is 194 g/mol. The summed E-state index contributed by atoms with van der Waals surface area (Å²) < 4.78 is 6.27. The predicted molar refractivity (Wildman–Crippen MR) is 42.3 cm³/mol. The molecule has 1 aliphatic heterocycles. The summed E-state index contributed by atoms with van der Waals surface area (Å²) >= 11 is 5.39. The van der Waals surface area contributed by atoms with E-state index in [0.717, 1.165) is 8.42 Å². The molecule has 0 atom stereocenters. The third-order valence-electron chi connectivity index (χ3n) is 0.759. The van der Waals surface area contributed by atoms with Crippen LogP contribution in [0.1, 0.15) is 0 Å². The Kier molecular flexibility index (Phi) is 1.58. The van der Waals surface area contributed by atoms with Gasteiger partial charge in [-0.2, -0.15) is 0 Å². The lowest BCUT2D eigenvalue weighted by Gasteiger charge is -1.74. The van der Waals surface area contributed by atoms with Crippen LogP contribution in [0, 0.1) is 0 Å². The molecule has 0 spiro atoms. The largest absolute Gasteiger partial charge is 0.289 e. The second kappa shape index (κ2) is 2.28. The molecule has 0 bridgehead atoms. The van der Waals surface area contributed by atoms with Crippen LogP contribution in [0.5, 0.6) is 0 Å². The molecule has 1 aliphatic rings. The van der Waals surface area contributed by atoms with Crippen LogP contribution in [0.3, 0.4) is 0 Å².